The fourth-order valence-corrected chi connectivity index (χ4v) is 4.87. The Labute approximate surface area is 165 Å². The standard InChI is InChI=1S/C20H24N4O3S/c21-12-16-6-8-17(9-7-16)13-28(26,27)14-20(25)22-19-11-18(23-24-19)10-15-4-2-1-3-5-15/h6-9,11,15H,1-5,10,13-14H2,(H2,22,23,24,25). The third kappa shape index (κ3) is 5.92. The van der Waals surface area contributed by atoms with E-state index in [4.69, 9.17) is 5.26 Å². The van der Waals surface area contributed by atoms with E-state index in [-0.39, 0.29) is 5.75 Å². The van der Waals surface area contributed by atoms with Gasteiger partial charge in [-0.15, -0.1) is 0 Å². The lowest BCUT2D eigenvalue weighted by Gasteiger charge is -2.20. The summed E-state index contributed by atoms with van der Waals surface area (Å²) in [5.41, 5.74) is 1.96. The molecule has 0 radical (unpaired) electrons. The zero-order valence-electron chi connectivity index (χ0n) is 15.6. The summed E-state index contributed by atoms with van der Waals surface area (Å²) < 4.78 is 24.5. The van der Waals surface area contributed by atoms with Gasteiger partial charge in [0, 0.05) is 11.8 Å². The normalized spacial score (nSPS) is 15.1. The van der Waals surface area contributed by atoms with Crippen LogP contribution in [0, 0.1) is 17.2 Å². The average molecular weight is 401 g/mol. The molecule has 1 aromatic carbocycles. The molecular formula is C20H24N4O3S. The zero-order chi connectivity index (χ0) is 20.0. The number of amides is 1. The summed E-state index contributed by atoms with van der Waals surface area (Å²) >= 11 is 0. The van der Waals surface area contributed by atoms with E-state index in [2.05, 4.69) is 15.5 Å². The van der Waals surface area contributed by atoms with Gasteiger partial charge in [-0.1, -0.05) is 44.2 Å². The van der Waals surface area contributed by atoms with Crippen LogP contribution in [0.15, 0.2) is 30.3 Å². The number of carbonyl (C=O) groups is 1. The van der Waals surface area contributed by atoms with E-state index in [1.54, 1.807) is 30.3 Å². The van der Waals surface area contributed by atoms with Gasteiger partial charge in [-0.05, 0) is 30.0 Å². The topological polar surface area (TPSA) is 116 Å². The molecule has 2 N–H and O–H groups in total. The molecule has 0 spiro atoms. The zero-order valence-corrected chi connectivity index (χ0v) is 16.5. The number of nitrogens with one attached hydrogen (secondary N) is 2. The van der Waals surface area contributed by atoms with E-state index in [1.165, 1.54) is 32.1 Å². The summed E-state index contributed by atoms with van der Waals surface area (Å²) in [6, 6.07) is 10.0. The molecular weight excluding hydrogens is 376 g/mol. The summed E-state index contributed by atoms with van der Waals surface area (Å²) in [6.45, 7) is 0. The predicted molar refractivity (Wildman–Crippen MR) is 106 cm³/mol. The first-order valence-corrected chi connectivity index (χ1v) is 11.3. The van der Waals surface area contributed by atoms with Gasteiger partial charge in [-0.25, -0.2) is 8.42 Å². The van der Waals surface area contributed by atoms with Gasteiger partial charge in [-0.2, -0.15) is 10.4 Å². The fraction of sp³-hybridized carbons (Fsp3) is 0.450. The molecule has 0 atom stereocenters. The van der Waals surface area contributed by atoms with Crippen LogP contribution in [0.5, 0.6) is 0 Å². The van der Waals surface area contributed by atoms with E-state index in [9.17, 15) is 13.2 Å². The van der Waals surface area contributed by atoms with Gasteiger partial charge in [0.15, 0.2) is 15.7 Å². The van der Waals surface area contributed by atoms with Gasteiger partial charge in [0.2, 0.25) is 5.91 Å². The lowest BCUT2D eigenvalue weighted by Crippen LogP contribution is -2.24. The molecule has 148 valence electrons. The number of anilines is 1. The molecule has 1 heterocycles. The van der Waals surface area contributed by atoms with E-state index >= 15 is 0 Å². The quantitative estimate of drug-likeness (QED) is 0.741. The van der Waals surface area contributed by atoms with Crippen molar-refractivity contribution in [1.29, 1.82) is 5.26 Å². The lowest BCUT2D eigenvalue weighted by molar-refractivity contribution is -0.113. The molecule has 1 amide bonds. The Bertz CT molecular complexity index is 952. The van der Waals surface area contributed by atoms with Crippen molar-refractivity contribution in [3.8, 4) is 6.07 Å². The Morgan fingerprint density at radius 2 is 1.93 bits per heavy atom. The number of H-pyrrole nitrogens is 1. The van der Waals surface area contributed by atoms with Crippen LogP contribution in [0.4, 0.5) is 5.82 Å². The van der Waals surface area contributed by atoms with Crippen molar-refractivity contribution in [2.45, 2.75) is 44.3 Å². The average Bonchev–Trinajstić information content (AvgIpc) is 3.09. The molecule has 8 heteroatoms. The van der Waals surface area contributed by atoms with Crippen molar-refractivity contribution in [3.05, 3.63) is 47.2 Å². The largest absolute Gasteiger partial charge is 0.308 e. The fourth-order valence-electron chi connectivity index (χ4n) is 3.59. The maximum absolute atomic E-state index is 12.3. The highest BCUT2D eigenvalue weighted by Gasteiger charge is 2.19. The molecule has 0 aliphatic heterocycles. The molecule has 1 saturated carbocycles. The molecule has 28 heavy (non-hydrogen) atoms. The monoisotopic (exact) mass is 400 g/mol. The Kier molecular flexibility index (Phi) is 6.47. The van der Waals surface area contributed by atoms with Crippen molar-refractivity contribution < 1.29 is 13.2 Å². The van der Waals surface area contributed by atoms with Crippen molar-refractivity contribution in [2.24, 2.45) is 5.92 Å². The summed E-state index contributed by atoms with van der Waals surface area (Å²) in [6.07, 6.45) is 7.17. The SMILES string of the molecule is N#Cc1ccc(CS(=O)(=O)CC(=O)Nc2cc(CC3CCCCC3)[nH]n2)cc1. The third-order valence-corrected chi connectivity index (χ3v) is 6.43. The highest BCUT2D eigenvalue weighted by Crippen LogP contribution is 2.26. The van der Waals surface area contributed by atoms with E-state index in [0.717, 1.165) is 12.1 Å². The van der Waals surface area contributed by atoms with Crippen LogP contribution in [-0.2, 0) is 26.8 Å². The van der Waals surface area contributed by atoms with E-state index < -0.39 is 21.5 Å². The van der Waals surface area contributed by atoms with E-state index in [1.807, 2.05) is 6.07 Å². The first-order chi connectivity index (χ1) is 13.4. The smallest absolute Gasteiger partial charge is 0.240 e. The number of nitrogens with zero attached hydrogens (tertiary/aromatic N) is 2. The number of hydrogen-bond acceptors (Lipinski definition) is 5. The maximum atomic E-state index is 12.3. The minimum atomic E-state index is -3.62. The first-order valence-electron chi connectivity index (χ1n) is 9.47. The Balaban J connectivity index is 1.52. The van der Waals surface area contributed by atoms with Crippen LogP contribution in [0.25, 0.3) is 0 Å². The number of rotatable bonds is 7. The van der Waals surface area contributed by atoms with Crippen LogP contribution in [0.1, 0.15) is 48.9 Å². The van der Waals surface area contributed by atoms with Crippen LogP contribution in [0.2, 0.25) is 0 Å². The number of benzene rings is 1. The Hall–Kier alpha value is -2.66. The molecule has 3 rings (SSSR count). The second-order valence-corrected chi connectivity index (χ2v) is 9.44. The van der Waals surface area contributed by atoms with Gasteiger partial charge in [0.25, 0.3) is 0 Å². The summed E-state index contributed by atoms with van der Waals surface area (Å²) in [7, 11) is -3.62. The van der Waals surface area contributed by atoms with Crippen LogP contribution >= 0.6 is 0 Å². The van der Waals surface area contributed by atoms with Crippen LogP contribution < -0.4 is 5.32 Å². The number of carbonyl (C=O) groups excluding carboxylic acids is 1. The van der Waals surface area contributed by atoms with Crippen LogP contribution in [0.3, 0.4) is 0 Å². The van der Waals surface area contributed by atoms with Crippen molar-refractivity contribution >= 4 is 21.6 Å². The van der Waals surface area contributed by atoms with Crippen molar-refractivity contribution in [1.82, 2.24) is 10.2 Å². The predicted octanol–water partition coefficient (Wildman–Crippen LogP) is 2.96. The first kappa shape index (κ1) is 20.1. The maximum Gasteiger partial charge on any atom is 0.240 e. The highest BCUT2D eigenvalue weighted by atomic mass is 32.2. The minimum Gasteiger partial charge on any atom is -0.308 e. The number of aromatic amines is 1. The van der Waals surface area contributed by atoms with Gasteiger partial charge < -0.3 is 5.32 Å². The second-order valence-electron chi connectivity index (χ2n) is 7.38. The molecule has 2 aromatic rings. The lowest BCUT2D eigenvalue weighted by atomic mass is 9.86. The number of sulfone groups is 1. The highest BCUT2D eigenvalue weighted by molar-refractivity contribution is 7.91. The van der Waals surface area contributed by atoms with Crippen molar-refractivity contribution in [3.63, 3.8) is 0 Å². The number of aromatic nitrogens is 2. The molecule has 0 unspecified atom stereocenters. The molecule has 7 nitrogen and oxygen atoms in total. The second kappa shape index (κ2) is 9.02. The van der Waals surface area contributed by atoms with E-state index in [0.29, 0.717) is 22.9 Å². The Morgan fingerprint density at radius 3 is 2.61 bits per heavy atom. The molecule has 0 bridgehead atoms. The minimum absolute atomic E-state index is 0.250. The molecule has 1 aliphatic rings. The molecule has 1 aromatic heterocycles. The van der Waals surface area contributed by atoms with Crippen molar-refractivity contribution in [2.75, 3.05) is 11.1 Å². The summed E-state index contributed by atoms with van der Waals surface area (Å²) in [4.78, 5) is 12.1. The third-order valence-electron chi connectivity index (χ3n) is 4.95. The molecule has 0 saturated heterocycles. The van der Waals surface area contributed by atoms with Gasteiger partial charge in [-0.3, -0.25) is 9.89 Å². The number of nitriles is 1. The Morgan fingerprint density at radius 1 is 1.21 bits per heavy atom. The summed E-state index contributed by atoms with van der Waals surface area (Å²) in [5.74, 6) is -0.475. The molecule has 1 aliphatic carbocycles. The molecule has 1 fully saturated rings. The van der Waals surface area contributed by atoms with Gasteiger partial charge >= 0.3 is 0 Å². The van der Waals surface area contributed by atoms with Crippen LogP contribution in [-0.4, -0.2) is 30.3 Å². The van der Waals surface area contributed by atoms with Gasteiger partial charge in [0.1, 0.15) is 5.75 Å². The summed E-state index contributed by atoms with van der Waals surface area (Å²) in [5, 5.41) is 18.3. The van der Waals surface area contributed by atoms with Gasteiger partial charge in [0.05, 0.1) is 17.4 Å². The number of hydrogen-bond donors (Lipinski definition) is 2.